The van der Waals surface area contributed by atoms with Crippen LogP contribution in [-0.2, 0) is 9.59 Å². The normalized spacial score (nSPS) is 10.7. The van der Waals surface area contributed by atoms with Crippen LogP contribution >= 0.6 is 0 Å². The molecule has 0 aliphatic carbocycles. The molecular weight excluding hydrogens is 180 g/mol. The molecule has 4 nitrogen and oxygen atoms in total. The summed E-state index contributed by atoms with van der Waals surface area (Å²) in [6, 6.07) is 8.98. The molecule has 0 atom stereocenters. The predicted octanol–water partition coefficient (Wildman–Crippen LogP) is 0.259. The van der Waals surface area contributed by atoms with Crippen LogP contribution in [0, 0.1) is 0 Å². The fourth-order valence-corrected chi connectivity index (χ4v) is 1.03. The van der Waals surface area contributed by atoms with Gasteiger partial charge in [-0.3, -0.25) is 9.59 Å². The summed E-state index contributed by atoms with van der Waals surface area (Å²) in [6.07, 6.45) is 1.67. The zero-order valence-electron chi connectivity index (χ0n) is 7.44. The van der Waals surface area contributed by atoms with Gasteiger partial charge in [-0.1, -0.05) is 30.3 Å². The molecule has 0 radical (unpaired) electrons. The average Bonchev–Trinajstić information content (AvgIpc) is 2.18. The van der Waals surface area contributed by atoms with Crippen molar-refractivity contribution in [3.8, 4) is 0 Å². The number of hydrogen-bond donors (Lipinski definition) is 2. The summed E-state index contributed by atoms with van der Waals surface area (Å²) in [4.78, 5) is 20.9. The minimum atomic E-state index is -0.599. The molecule has 0 bridgehead atoms. The predicted molar refractivity (Wildman–Crippen MR) is 52.8 cm³/mol. The second-order valence-electron chi connectivity index (χ2n) is 2.59. The number of nitrogens with two attached hydrogens (primary N) is 1. The monoisotopic (exact) mass is 190 g/mol. The summed E-state index contributed by atoms with van der Waals surface area (Å²) in [6.45, 7) is 0. The Bertz CT molecular complexity index is 358. The third kappa shape index (κ3) is 2.75. The third-order valence-corrected chi connectivity index (χ3v) is 1.59. The van der Waals surface area contributed by atoms with Gasteiger partial charge in [0.25, 0.3) is 0 Å². The standard InChI is InChI=1S/C10H10N2O2/c11-10(14)6-9(12-7-13)8-4-2-1-3-5-8/h1-7H,(H2,11,14)(H,12,13)/b9-6-. The van der Waals surface area contributed by atoms with Crippen LogP contribution in [0.15, 0.2) is 36.4 Å². The van der Waals surface area contributed by atoms with E-state index in [1.807, 2.05) is 6.07 Å². The van der Waals surface area contributed by atoms with E-state index in [-0.39, 0.29) is 0 Å². The van der Waals surface area contributed by atoms with Crippen molar-refractivity contribution in [3.63, 3.8) is 0 Å². The van der Waals surface area contributed by atoms with Crippen LogP contribution in [0.25, 0.3) is 5.70 Å². The SMILES string of the molecule is NC(=O)/C=C(\NC=O)c1ccccc1. The van der Waals surface area contributed by atoms with Gasteiger partial charge >= 0.3 is 0 Å². The Labute approximate surface area is 81.4 Å². The summed E-state index contributed by atoms with van der Waals surface area (Å²) in [5, 5.41) is 2.41. The van der Waals surface area contributed by atoms with E-state index >= 15 is 0 Å². The number of carbonyl (C=O) groups excluding carboxylic acids is 2. The van der Waals surface area contributed by atoms with Crippen molar-refractivity contribution < 1.29 is 9.59 Å². The summed E-state index contributed by atoms with van der Waals surface area (Å²) in [5.41, 5.74) is 6.12. The Kier molecular flexibility index (Phi) is 3.43. The van der Waals surface area contributed by atoms with Crippen LogP contribution in [0.1, 0.15) is 5.56 Å². The molecule has 14 heavy (non-hydrogen) atoms. The molecule has 1 aromatic carbocycles. The number of rotatable bonds is 4. The Morgan fingerprint density at radius 1 is 1.29 bits per heavy atom. The van der Waals surface area contributed by atoms with Crippen LogP contribution < -0.4 is 11.1 Å². The van der Waals surface area contributed by atoms with E-state index in [4.69, 9.17) is 5.73 Å². The average molecular weight is 190 g/mol. The molecule has 0 heterocycles. The molecule has 72 valence electrons. The van der Waals surface area contributed by atoms with Gasteiger partial charge in [0.1, 0.15) is 0 Å². The molecule has 1 aromatic rings. The fourth-order valence-electron chi connectivity index (χ4n) is 1.03. The molecule has 0 unspecified atom stereocenters. The maximum Gasteiger partial charge on any atom is 0.243 e. The van der Waals surface area contributed by atoms with Gasteiger partial charge in [0.2, 0.25) is 12.3 Å². The highest BCUT2D eigenvalue weighted by atomic mass is 16.1. The molecule has 0 spiro atoms. The zero-order chi connectivity index (χ0) is 10.4. The zero-order valence-corrected chi connectivity index (χ0v) is 7.44. The van der Waals surface area contributed by atoms with Crippen LogP contribution in [0.2, 0.25) is 0 Å². The second kappa shape index (κ2) is 4.81. The van der Waals surface area contributed by atoms with Gasteiger partial charge in [0.15, 0.2) is 0 Å². The van der Waals surface area contributed by atoms with E-state index in [0.29, 0.717) is 12.1 Å². The summed E-state index contributed by atoms with van der Waals surface area (Å²) < 4.78 is 0. The highest BCUT2D eigenvalue weighted by Gasteiger charge is 2.00. The minimum absolute atomic E-state index is 0.396. The topological polar surface area (TPSA) is 72.2 Å². The van der Waals surface area contributed by atoms with E-state index in [2.05, 4.69) is 5.32 Å². The van der Waals surface area contributed by atoms with Crippen molar-refractivity contribution in [2.24, 2.45) is 5.73 Å². The summed E-state index contributed by atoms with van der Waals surface area (Å²) in [5.74, 6) is -0.599. The van der Waals surface area contributed by atoms with Crippen LogP contribution in [0.5, 0.6) is 0 Å². The minimum Gasteiger partial charge on any atom is -0.366 e. The lowest BCUT2D eigenvalue weighted by atomic mass is 10.1. The molecule has 2 amide bonds. The number of amides is 2. The molecule has 0 fully saturated rings. The second-order valence-corrected chi connectivity index (χ2v) is 2.59. The van der Waals surface area contributed by atoms with Gasteiger partial charge in [0.05, 0.1) is 5.70 Å². The molecule has 0 aromatic heterocycles. The van der Waals surface area contributed by atoms with E-state index in [9.17, 15) is 9.59 Å². The number of primary amides is 1. The number of hydrogen-bond acceptors (Lipinski definition) is 2. The van der Waals surface area contributed by atoms with Crippen LogP contribution in [0.4, 0.5) is 0 Å². The van der Waals surface area contributed by atoms with E-state index in [1.54, 1.807) is 24.3 Å². The van der Waals surface area contributed by atoms with Crippen molar-refractivity contribution in [1.29, 1.82) is 0 Å². The molecule has 0 saturated heterocycles. The van der Waals surface area contributed by atoms with E-state index in [0.717, 1.165) is 5.56 Å². The van der Waals surface area contributed by atoms with Gasteiger partial charge in [-0.25, -0.2) is 0 Å². The Morgan fingerprint density at radius 3 is 2.43 bits per heavy atom. The van der Waals surface area contributed by atoms with E-state index in [1.165, 1.54) is 6.08 Å². The van der Waals surface area contributed by atoms with Gasteiger partial charge in [-0.15, -0.1) is 0 Å². The maximum atomic E-state index is 10.6. The summed E-state index contributed by atoms with van der Waals surface area (Å²) in [7, 11) is 0. The largest absolute Gasteiger partial charge is 0.366 e. The van der Waals surface area contributed by atoms with Crippen molar-refractivity contribution in [2.45, 2.75) is 0 Å². The summed E-state index contributed by atoms with van der Waals surface area (Å²) >= 11 is 0. The molecular formula is C10H10N2O2. The lowest BCUT2D eigenvalue weighted by molar-refractivity contribution is -0.113. The third-order valence-electron chi connectivity index (χ3n) is 1.59. The Morgan fingerprint density at radius 2 is 1.93 bits per heavy atom. The lowest BCUT2D eigenvalue weighted by Crippen LogP contribution is -2.14. The molecule has 0 saturated carbocycles. The Hall–Kier alpha value is -2.10. The van der Waals surface area contributed by atoms with Gasteiger partial charge < -0.3 is 11.1 Å². The van der Waals surface area contributed by atoms with Gasteiger partial charge in [0, 0.05) is 6.08 Å². The van der Waals surface area contributed by atoms with Crippen LogP contribution in [0.3, 0.4) is 0 Å². The first-order chi connectivity index (χ1) is 6.74. The van der Waals surface area contributed by atoms with Crippen molar-refractivity contribution in [2.75, 3.05) is 0 Å². The number of nitrogens with one attached hydrogen (secondary N) is 1. The maximum absolute atomic E-state index is 10.6. The van der Waals surface area contributed by atoms with Crippen LogP contribution in [-0.4, -0.2) is 12.3 Å². The van der Waals surface area contributed by atoms with Gasteiger partial charge in [-0.05, 0) is 5.56 Å². The first-order valence-corrected chi connectivity index (χ1v) is 4.01. The molecule has 1 rings (SSSR count). The fraction of sp³-hybridized carbons (Fsp3) is 0. The van der Waals surface area contributed by atoms with Gasteiger partial charge in [-0.2, -0.15) is 0 Å². The van der Waals surface area contributed by atoms with Crippen molar-refractivity contribution in [1.82, 2.24) is 5.32 Å². The molecule has 3 N–H and O–H groups in total. The highest BCUT2D eigenvalue weighted by molar-refractivity contribution is 5.95. The van der Waals surface area contributed by atoms with Crippen molar-refractivity contribution in [3.05, 3.63) is 42.0 Å². The highest BCUT2D eigenvalue weighted by Crippen LogP contribution is 2.09. The first-order valence-electron chi connectivity index (χ1n) is 4.01. The van der Waals surface area contributed by atoms with Crippen molar-refractivity contribution >= 4 is 18.0 Å². The number of benzene rings is 1. The Balaban J connectivity index is 3.00. The smallest absolute Gasteiger partial charge is 0.243 e. The molecule has 0 aliphatic heterocycles. The molecule has 0 aliphatic rings. The first kappa shape index (κ1) is 9.98. The quantitative estimate of drug-likeness (QED) is 0.528. The lowest BCUT2D eigenvalue weighted by Gasteiger charge is -2.04. The van der Waals surface area contributed by atoms with E-state index < -0.39 is 5.91 Å². The molecule has 4 heteroatoms. The number of carbonyl (C=O) groups is 2.